The van der Waals surface area contributed by atoms with E-state index in [1.165, 1.54) is 24.9 Å². The molecule has 0 amide bonds. The van der Waals surface area contributed by atoms with Crippen molar-refractivity contribution < 1.29 is 36.9 Å². The molecular formula is C31H34F4N8O4. The molecular weight excluding hydrogens is 624 g/mol. The molecule has 1 aliphatic heterocycles. The fourth-order valence-corrected chi connectivity index (χ4v) is 6.29. The normalized spacial score (nSPS) is 19.7. The lowest BCUT2D eigenvalue weighted by atomic mass is 9.84. The molecule has 0 spiro atoms. The van der Waals surface area contributed by atoms with E-state index in [4.69, 9.17) is 20.9 Å². The summed E-state index contributed by atoms with van der Waals surface area (Å²) in [6, 6.07) is 3.15. The second-order valence-corrected chi connectivity index (χ2v) is 12.0. The highest BCUT2D eigenvalue weighted by Crippen LogP contribution is 2.35. The van der Waals surface area contributed by atoms with Gasteiger partial charge in [-0.05, 0) is 56.2 Å². The summed E-state index contributed by atoms with van der Waals surface area (Å²) in [4.78, 5) is 30.9. The number of rotatable bonds is 8. The van der Waals surface area contributed by atoms with Crippen LogP contribution in [0.1, 0.15) is 50.5 Å². The van der Waals surface area contributed by atoms with E-state index in [1.54, 1.807) is 9.47 Å². The number of aliphatic hydroxyl groups excluding tert-OH is 1. The summed E-state index contributed by atoms with van der Waals surface area (Å²) >= 11 is 0. The van der Waals surface area contributed by atoms with Gasteiger partial charge in [0.1, 0.15) is 29.9 Å². The molecule has 1 aromatic carbocycles. The number of anilines is 2. The summed E-state index contributed by atoms with van der Waals surface area (Å²) in [6.45, 7) is 0.384. The fourth-order valence-electron chi connectivity index (χ4n) is 6.29. The summed E-state index contributed by atoms with van der Waals surface area (Å²) in [5, 5.41) is 10.2. The zero-order valence-electron chi connectivity index (χ0n) is 25.3. The number of ether oxygens (including phenoxy) is 2. The van der Waals surface area contributed by atoms with Gasteiger partial charge >= 0.3 is 6.16 Å². The first-order chi connectivity index (χ1) is 22.5. The third kappa shape index (κ3) is 6.79. The molecule has 1 saturated carbocycles. The van der Waals surface area contributed by atoms with Crippen molar-refractivity contribution in [3.63, 3.8) is 0 Å². The van der Waals surface area contributed by atoms with E-state index < -0.39 is 41.6 Å². The highest BCUT2D eigenvalue weighted by atomic mass is 19.3. The Morgan fingerprint density at radius 1 is 1.06 bits per heavy atom. The summed E-state index contributed by atoms with van der Waals surface area (Å²) in [5.74, 6) is -2.38. The van der Waals surface area contributed by atoms with E-state index >= 15 is 8.78 Å². The van der Waals surface area contributed by atoms with E-state index in [-0.39, 0.29) is 42.7 Å². The molecule has 0 radical (unpaired) electrons. The van der Waals surface area contributed by atoms with Crippen molar-refractivity contribution >= 4 is 28.8 Å². The van der Waals surface area contributed by atoms with Crippen molar-refractivity contribution in [3.05, 3.63) is 54.2 Å². The van der Waals surface area contributed by atoms with Crippen molar-refractivity contribution in [1.82, 2.24) is 24.5 Å². The van der Waals surface area contributed by atoms with E-state index in [9.17, 15) is 18.7 Å². The molecule has 0 unspecified atom stereocenters. The van der Waals surface area contributed by atoms with Crippen LogP contribution >= 0.6 is 0 Å². The molecule has 0 bridgehead atoms. The molecule has 3 aromatic heterocycles. The Labute approximate surface area is 266 Å². The van der Waals surface area contributed by atoms with Gasteiger partial charge in [0.2, 0.25) is 0 Å². The largest absolute Gasteiger partial charge is 0.514 e. The van der Waals surface area contributed by atoms with E-state index in [2.05, 4.69) is 19.9 Å². The first kappa shape index (κ1) is 32.4. The van der Waals surface area contributed by atoms with Crippen LogP contribution in [0.25, 0.3) is 22.4 Å². The monoisotopic (exact) mass is 658 g/mol. The highest BCUT2D eigenvalue weighted by molar-refractivity contribution is 5.81. The van der Waals surface area contributed by atoms with Gasteiger partial charge in [0.25, 0.3) is 6.43 Å². The van der Waals surface area contributed by atoms with Gasteiger partial charge in [0.15, 0.2) is 23.0 Å². The quantitative estimate of drug-likeness (QED) is 0.138. The number of nitrogens with two attached hydrogens (primary N) is 2. The van der Waals surface area contributed by atoms with E-state index in [0.717, 1.165) is 31.4 Å². The van der Waals surface area contributed by atoms with Gasteiger partial charge in [-0.3, -0.25) is 4.98 Å². The van der Waals surface area contributed by atoms with Crippen LogP contribution < -0.4 is 21.1 Å². The number of carbonyl (C=O) groups excluding carboxylic acids is 1. The number of aromatic nitrogens is 5. The predicted molar refractivity (Wildman–Crippen MR) is 163 cm³/mol. The summed E-state index contributed by atoms with van der Waals surface area (Å²) in [5.41, 5.74) is 12.2. The number of benzene rings is 1. The van der Waals surface area contributed by atoms with Crippen LogP contribution in [0.5, 0.6) is 5.75 Å². The lowest BCUT2D eigenvalue weighted by Gasteiger charge is -2.44. The van der Waals surface area contributed by atoms with Crippen molar-refractivity contribution in [2.75, 3.05) is 23.7 Å². The van der Waals surface area contributed by atoms with Crippen molar-refractivity contribution in [2.24, 2.45) is 5.73 Å². The third-order valence-corrected chi connectivity index (χ3v) is 8.77. The molecule has 47 heavy (non-hydrogen) atoms. The van der Waals surface area contributed by atoms with Crippen LogP contribution in [0.4, 0.5) is 33.9 Å². The van der Waals surface area contributed by atoms with Gasteiger partial charge in [0, 0.05) is 24.7 Å². The zero-order valence-corrected chi connectivity index (χ0v) is 25.3. The molecule has 6 rings (SSSR count). The van der Waals surface area contributed by atoms with Crippen LogP contribution in [-0.2, 0) is 11.3 Å². The number of hydrogen-bond donors (Lipinski definition) is 3. The standard InChI is InChI=1S/C31H34F4N8O4/c32-20-11-24(47-30(45)46-18-5-2-1-3-6-18)21(33)10-19(20)22-9-17(13-43-16-41-25-28(36)39-15-40-29(25)43)23(12-38-22)42-8-4-7-31(37,14-42)26(44)27(34)35/h9-12,15-16,18,26-27,44H,1-8,13-14,37H2,(H2,36,39,40)/t26-,31-/m1/s1. The van der Waals surface area contributed by atoms with Gasteiger partial charge in [-0.2, -0.15) is 0 Å². The number of aliphatic hydroxyl groups is 1. The van der Waals surface area contributed by atoms with E-state index in [0.29, 0.717) is 48.2 Å². The first-order valence-electron chi connectivity index (χ1n) is 15.3. The van der Waals surface area contributed by atoms with Crippen LogP contribution in [0, 0.1) is 11.6 Å². The van der Waals surface area contributed by atoms with Crippen molar-refractivity contribution in [2.45, 2.75) is 75.7 Å². The van der Waals surface area contributed by atoms with Gasteiger partial charge in [0.05, 0.1) is 36.0 Å². The Balaban J connectivity index is 1.33. The van der Waals surface area contributed by atoms with Gasteiger partial charge < -0.3 is 35.5 Å². The molecule has 1 saturated heterocycles. The minimum atomic E-state index is -3.04. The number of hydrogen-bond acceptors (Lipinski definition) is 11. The maximum Gasteiger partial charge on any atom is 0.514 e. The predicted octanol–water partition coefficient (Wildman–Crippen LogP) is 4.57. The summed E-state index contributed by atoms with van der Waals surface area (Å²) in [7, 11) is 0. The Hall–Kier alpha value is -4.57. The Bertz CT molecular complexity index is 1770. The average molecular weight is 659 g/mol. The summed E-state index contributed by atoms with van der Waals surface area (Å²) in [6.07, 6.45) is 2.44. The Morgan fingerprint density at radius 2 is 1.85 bits per heavy atom. The van der Waals surface area contributed by atoms with Gasteiger partial charge in [-0.25, -0.2) is 37.3 Å². The molecule has 16 heteroatoms. The molecule has 5 N–H and O–H groups in total. The molecule has 12 nitrogen and oxygen atoms in total. The lowest BCUT2D eigenvalue weighted by Crippen LogP contribution is -2.63. The summed E-state index contributed by atoms with van der Waals surface area (Å²) < 4.78 is 69.7. The number of fused-ring (bicyclic) bond motifs is 1. The number of nitrogen functional groups attached to an aromatic ring is 1. The fraction of sp³-hybridized carbons (Fsp3) is 0.452. The molecule has 2 atom stereocenters. The Kier molecular flexibility index (Phi) is 9.14. The van der Waals surface area contributed by atoms with Crippen molar-refractivity contribution in [3.8, 4) is 17.0 Å². The zero-order chi connectivity index (χ0) is 33.3. The van der Waals surface area contributed by atoms with Crippen LogP contribution in [0.15, 0.2) is 37.1 Å². The lowest BCUT2D eigenvalue weighted by molar-refractivity contribution is -0.0529. The number of nitrogens with zero attached hydrogens (tertiary/aromatic N) is 6. The molecule has 2 aliphatic rings. The second kappa shape index (κ2) is 13.3. The number of carbonyl (C=O) groups is 1. The highest BCUT2D eigenvalue weighted by Gasteiger charge is 2.43. The first-order valence-corrected chi connectivity index (χ1v) is 15.3. The number of pyridine rings is 1. The maximum atomic E-state index is 15.5. The van der Waals surface area contributed by atoms with Crippen LogP contribution in [0.3, 0.4) is 0 Å². The molecule has 4 heterocycles. The average Bonchev–Trinajstić information content (AvgIpc) is 3.46. The maximum absolute atomic E-state index is 15.5. The van der Waals surface area contributed by atoms with Gasteiger partial charge in [-0.15, -0.1) is 0 Å². The topological polar surface area (TPSA) is 168 Å². The number of halogens is 4. The number of alkyl halides is 2. The van der Waals surface area contributed by atoms with Gasteiger partial charge in [-0.1, -0.05) is 6.42 Å². The molecule has 250 valence electrons. The van der Waals surface area contributed by atoms with E-state index in [1.807, 2.05) is 0 Å². The molecule has 1 aliphatic carbocycles. The van der Waals surface area contributed by atoms with Crippen molar-refractivity contribution in [1.29, 1.82) is 0 Å². The third-order valence-electron chi connectivity index (χ3n) is 8.77. The molecule has 4 aromatic rings. The SMILES string of the molecule is Nc1ncnc2c1ncn2Cc1cc(-c2cc(F)c(OC(=O)OC3CCCCC3)cc2F)ncc1N1CCC[C@](N)([C@H](O)C(F)F)C1. The molecule has 2 fully saturated rings. The minimum Gasteiger partial charge on any atom is -0.431 e. The van der Waals surface area contributed by atoms with Crippen LogP contribution in [-0.4, -0.2) is 73.0 Å². The minimum absolute atomic E-state index is 0.0404. The number of piperidine rings is 1. The Morgan fingerprint density at radius 3 is 2.62 bits per heavy atom. The smallest absolute Gasteiger partial charge is 0.431 e. The number of imidazole rings is 1. The second-order valence-electron chi connectivity index (χ2n) is 12.0. The van der Waals surface area contributed by atoms with Crippen LogP contribution in [0.2, 0.25) is 0 Å².